The number of aryl methyl sites for hydroxylation is 1. The third kappa shape index (κ3) is 4.65. The summed E-state index contributed by atoms with van der Waals surface area (Å²) >= 11 is 0. The van der Waals surface area contributed by atoms with E-state index in [-0.39, 0.29) is 17.8 Å². The molecular formula is C28H27FN2O. The van der Waals surface area contributed by atoms with Crippen LogP contribution in [-0.2, 0) is 6.42 Å². The van der Waals surface area contributed by atoms with Crippen molar-refractivity contribution < 1.29 is 9.18 Å². The molecule has 1 atom stereocenters. The molecule has 0 saturated heterocycles. The molecule has 0 aliphatic heterocycles. The van der Waals surface area contributed by atoms with Gasteiger partial charge in [-0.25, -0.2) is 4.39 Å². The van der Waals surface area contributed by atoms with E-state index in [1.807, 2.05) is 73.0 Å². The molecular weight excluding hydrogens is 399 g/mol. The Balaban J connectivity index is 1.63. The zero-order chi connectivity index (χ0) is 22.5. The lowest BCUT2D eigenvalue weighted by Crippen LogP contribution is -2.33. The number of para-hydroxylation sites is 1. The zero-order valence-electron chi connectivity index (χ0n) is 18.4. The third-order valence-electron chi connectivity index (χ3n) is 5.74. The third-order valence-corrected chi connectivity index (χ3v) is 5.74. The average Bonchev–Trinajstić information content (AvgIpc) is 3.16. The molecule has 3 nitrogen and oxygen atoms in total. The van der Waals surface area contributed by atoms with Crippen molar-refractivity contribution in [1.82, 2.24) is 9.88 Å². The van der Waals surface area contributed by atoms with Crippen LogP contribution in [0.25, 0.3) is 16.9 Å². The van der Waals surface area contributed by atoms with Gasteiger partial charge >= 0.3 is 0 Å². The van der Waals surface area contributed by atoms with E-state index in [4.69, 9.17) is 0 Å². The molecule has 32 heavy (non-hydrogen) atoms. The van der Waals surface area contributed by atoms with E-state index >= 15 is 0 Å². The number of halogens is 1. The highest BCUT2D eigenvalue weighted by atomic mass is 19.1. The second kappa shape index (κ2) is 9.65. The monoisotopic (exact) mass is 426 g/mol. The average molecular weight is 427 g/mol. The Morgan fingerprint density at radius 2 is 1.56 bits per heavy atom. The number of rotatable bonds is 7. The predicted octanol–water partition coefficient (Wildman–Crippen LogP) is 6.34. The smallest absolute Gasteiger partial charge is 0.253 e. The quantitative estimate of drug-likeness (QED) is 0.367. The van der Waals surface area contributed by atoms with Crippen LogP contribution >= 0.6 is 0 Å². The van der Waals surface area contributed by atoms with Crippen molar-refractivity contribution in [3.63, 3.8) is 0 Å². The summed E-state index contributed by atoms with van der Waals surface area (Å²) in [7, 11) is 0. The van der Waals surface area contributed by atoms with Gasteiger partial charge in [0.15, 0.2) is 0 Å². The lowest BCUT2D eigenvalue weighted by atomic mass is 10.1. The van der Waals surface area contributed by atoms with Crippen molar-refractivity contribution in [3.8, 4) is 16.9 Å². The van der Waals surface area contributed by atoms with Gasteiger partial charge in [0.2, 0.25) is 0 Å². The van der Waals surface area contributed by atoms with Gasteiger partial charge in [-0.05, 0) is 56.0 Å². The standard InChI is InChI=1S/C28H27FN2O/c1-20(17-18-22-11-5-3-6-12-22)30-28(32)24-19-27(23-13-7-4-8-14-23)31(21(24)2)26-16-10-9-15-25(26)29/h3-16,19-20H,17-18H2,1-2H3,(H,30,32). The minimum Gasteiger partial charge on any atom is -0.350 e. The SMILES string of the molecule is Cc1c(C(=O)NC(C)CCc2ccccc2)cc(-c2ccccc2)n1-c1ccccc1F. The molecule has 1 N–H and O–H groups in total. The van der Waals surface area contributed by atoms with Crippen LogP contribution in [0.15, 0.2) is 91.0 Å². The van der Waals surface area contributed by atoms with Gasteiger partial charge in [-0.2, -0.15) is 0 Å². The van der Waals surface area contributed by atoms with Crippen LogP contribution in [0.3, 0.4) is 0 Å². The molecule has 0 saturated carbocycles. The first-order chi connectivity index (χ1) is 15.5. The summed E-state index contributed by atoms with van der Waals surface area (Å²) in [6.45, 7) is 3.88. The molecule has 4 heteroatoms. The maximum atomic E-state index is 14.7. The molecule has 0 aliphatic carbocycles. The predicted molar refractivity (Wildman–Crippen MR) is 128 cm³/mol. The summed E-state index contributed by atoms with van der Waals surface area (Å²) in [4.78, 5) is 13.2. The highest BCUT2D eigenvalue weighted by molar-refractivity contribution is 5.97. The Hall–Kier alpha value is -3.66. The molecule has 3 aromatic carbocycles. The molecule has 0 radical (unpaired) electrons. The molecule has 1 unspecified atom stereocenters. The van der Waals surface area contributed by atoms with Crippen molar-refractivity contribution in [1.29, 1.82) is 0 Å². The number of carbonyl (C=O) groups excluding carboxylic acids is 1. The fraction of sp³-hybridized carbons (Fsp3) is 0.179. The first-order valence-electron chi connectivity index (χ1n) is 10.9. The first kappa shape index (κ1) is 21.6. The Kier molecular flexibility index (Phi) is 6.50. The molecule has 1 aromatic heterocycles. The van der Waals surface area contributed by atoms with E-state index in [2.05, 4.69) is 17.4 Å². The van der Waals surface area contributed by atoms with Crippen LogP contribution in [0.5, 0.6) is 0 Å². The molecule has 0 spiro atoms. The number of carbonyl (C=O) groups is 1. The van der Waals surface area contributed by atoms with Crippen LogP contribution in [0.1, 0.15) is 35.0 Å². The van der Waals surface area contributed by atoms with E-state index in [9.17, 15) is 9.18 Å². The van der Waals surface area contributed by atoms with Gasteiger partial charge in [-0.1, -0.05) is 72.8 Å². The minimum atomic E-state index is -0.327. The summed E-state index contributed by atoms with van der Waals surface area (Å²) in [5.74, 6) is -0.470. The van der Waals surface area contributed by atoms with Gasteiger partial charge in [0, 0.05) is 11.7 Å². The van der Waals surface area contributed by atoms with Gasteiger partial charge in [-0.3, -0.25) is 4.79 Å². The van der Waals surface area contributed by atoms with E-state index in [1.165, 1.54) is 11.6 Å². The molecule has 1 amide bonds. The maximum Gasteiger partial charge on any atom is 0.253 e. The first-order valence-corrected chi connectivity index (χ1v) is 10.9. The highest BCUT2D eigenvalue weighted by Gasteiger charge is 2.22. The summed E-state index contributed by atoms with van der Waals surface area (Å²) in [6, 6.07) is 28.5. The Morgan fingerprint density at radius 3 is 2.25 bits per heavy atom. The van der Waals surface area contributed by atoms with Gasteiger partial charge in [0.05, 0.1) is 16.9 Å². The molecule has 4 rings (SSSR count). The van der Waals surface area contributed by atoms with Gasteiger partial charge in [-0.15, -0.1) is 0 Å². The summed E-state index contributed by atoms with van der Waals surface area (Å²) in [5, 5.41) is 3.12. The Labute approximate surface area is 188 Å². The van der Waals surface area contributed by atoms with Crippen molar-refractivity contribution in [2.24, 2.45) is 0 Å². The van der Waals surface area contributed by atoms with Crippen molar-refractivity contribution in [3.05, 3.63) is 114 Å². The fourth-order valence-electron chi connectivity index (χ4n) is 4.00. The van der Waals surface area contributed by atoms with Gasteiger partial charge < -0.3 is 9.88 Å². The topological polar surface area (TPSA) is 34.0 Å². The van der Waals surface area contributed by atoms with Gasteiger partial charge in [0.25, 0.3) is 5.91 Å². The van der Waals surface area contributed by atoms with Gasteiger partial charge in [0.1, 0.15) is 5.82 Å². The van der Waals surface area contributed by atoms with Crippen LogP contribution in [0.4, 0.5) is 4.39 Å². The Morgan fingerprint density at radius 1 is 0.938 bits per heavy atom. The van der Waals surface area contributed by atoms with E-state index in [1.54, 1.807) is 18.2 Å². The largest absolute Gasteiger partial charge is 0.350 e. The number of nitrogens with one attached hydrogen (secondary N) is 1. The lowest BCUT2D eigenvalue weighted by Gasteiger charge is -2.15. The van der Waals surface area contributed by atoms with E-state index in [0.29, 0.717) is 16.9 Å². The molecule has 1 heterocycles. The van der Waals surface area contributed by atoms with Crippen LogP contribution in [0, 0.1) is 12.7 Å². The number of benzene rings is 3. The van der Waals surface area contributed by atoms with E-state index < -0.39 is 0 Å². The highest BCUT2D eigenvalue weighted by Crippen LogP contribution is 2.30. The zero-order valence-corrected chi connectivity index (χ0v) is 18.4. The normalized spacial score (nSPS) is 11.8. The van der Waals surface area contributed by atoms with E-state index in [0.717, 1.165) is 24.1 Å². The number of nitrogens with zero attached hydrogens (tertiary/aromatic N) is 1. The second-order valence-electron chi connectivity index (χ2n) is 8.08. The summed E-state index contributed by atoms with van der Waals surface area (Å²) in [6.07, 6.45) is 1.74. The van der Waals surface area contributed by atoms with Crippen LogP contribution < -0.4 is 5.32 Å². The van der Waals surface area contributed by atoms with Crippen molar-refractivity contribution in [2.75, 3.05) is 0 Å². The number of amides is 1. The summed E-state index contributed by atoms with van der Waals surface area (Å²) < 4.78 is 16.5. The molecule has 162 valence electrons. The van der Waals surface area contributed by atoms with Crippen LogP contribution in [0.2, 0.25) is 0 Å². The summed E-state index contributed by atoms with van der Waals surface area (Å²) in [5.41, 5.74) is 4.66. The minimum absolute atomic E-state index is 0.0130. The van der Waals surface area contributed by atoms with Crippen molar-refractivity contribution in [2.45, 2.75) is 32.7 Å². The Bertz CT molecular complexity index is 1200. The fourth-order valence-corrected chi connectivity index (χ4v) is 4.00. The van der Waals surface area contributed by atoms with Crippen molar-refractivity contribution >= 4 is 5.91 Å². The number of hydrogen-bond donors (Lipinski definition) is 1. The number of aromatic nitrogens is 1. The molecule has 4 aromatic rings. The number of hydrogen-bond acceptors (Lipinski definition) is 1. The molecule has 0 fully saturated rings. The maximum absolute atomic E-state index is 14.7. The van der Waals surface area contributed by atoms with Crippen LogP contribution in [-0.4, -0.2) is 16.5 Å². The molecule has 0 aliphatic rings. The lowest BCUT2D eigenvalue weighted by molar-refractivity contribution is 0.0938. The molecule has 0 bridgehead atoms. The second-order valence-corrected chi connectivity index (χ2v) is 8.08.